The summed E-state index contributed by atoms with van der Waals surface area (Å²) >= 11 is 6.25. The van der Waals surface area contributed by atoms with Crippen LogP contribution in [0.25, 0.3) is 5.78 Å². The van der Waals surface area contributed by atoms with Crippen LogP contribution in [-0.4, -0.2) is 26.7 Å². The molecule has 2 heterocycles. The van der Waals surface area contributed by atoms with Gasteiger partial charge in [-0.15, -0.1) is 5.10 Å². The van der Waals surface area contributed by atoms with Crippen molar-refractivity contribution in [2.75, 3.05) is 12.4 Å². The van der Waals surface area contributed by atoms with E-state index in [1.54, 1.807) is 29.8 Å². The van der Waals surface area contributed by atoms with Crippen LogP contribution in [-0.2, 0) is 6.42 Å². The molecule has 0 fully saturated rings. The molecule has 29 heavy (non-hydrogen) atoms. The Kier molecular flexibility index (Phi) is 5.07. The van der Waals surface area contributed by atoms with Gasteiger partial charge in [0.2, 0.25) is 0 Å². The first-order valence-corrected chi connectivity index (χ1v) is 9.40. The van der Waals surface area contributed by atoms with E-state index < -0.39 is 0 Å². The van der Waals surface area contributed by atoms with Gasteiger partial charge in [0.05, 0.1) is 12.1 Å². The third-order valence-electron chi connectivity index (χ3n) is 4.68. The summed E-state index contributed by atoms with van der Waals surface area (Å²) in [6.45, 7) is 3.88. The zero-order chi connectivity index (χ0) is 20.5. The number of methoxy groups -OCH3 is 1. The Balaban J connectivity index is 1.73. The quantitative estimate of drug-likeness (QED) is 0.507. The number of nitrogens with one attached hydrogen (secondary N) is 1. The van der Waals surface area contributed by atoms with Crippen molar-refractivity contribution in [3.63, 3.8) is 0 Å². The summed E-state index contributed by atoms with van der Waals surface area (Å²) in [5.74, 6) is 2.09. The Morgan fingerprint density at radius 2 is 1.97 bits per heavy atom. The lowest BCUT2D eigenvalue weighted by molar-refractivity contribution is 0.415. The maximum atomic E-state index is 13.5. The third-order valence-corrected chi connectivity index (χ3v) is 4.97. The van der Waals surface area contributed by atoms with Gasteiger partial charge in [-0.2, -0.15) is 9.50 Å². The first-order valence-electron chi connectivity index (χ1n) is 9.02. The van der Waals surface area contributed by atoms with Gasteiger partial charge in [0.25, 0.3) is 5.78 Å². The van der Waals surface area contributed by atoms with Gasteiger partial charge >= 0.3 is 0 Å². The topological polar surface area (TPSA) is 64.3 Å². The molecule has 148 valence electrons. The molecule has 0 saturated heterocycles. The normalized spacial score (nSPS) is 11.1. The number of fused-ring (bicyclic) bond motifs is 1. The predicted octanol–water partition coefficient (Wildman–Crippen LogP) is 4.88. The molecule has 4 aromatic rings. The molecule has 0 aliphatic carbocycles. The zero-order valence-electron chi connectivity index (χ0n) is 16.2. The van der Waals surface area contributed by atoms with Crippen LogP contribution in [0.1, 0.15) is 22.6 Å². The molecule has 2 aromatic heterocycles. The van der Waals surface area contributed by atoms with E-state index in [2.05, 4.69) is 20.4 Å². The molecule has 4 rings (SSSR count). The second-order valence-corrected chi connectivity index (χ2v) is 7.10. The van der Waals surface area contributed by atoms with Crippen molar-refractivity contribution < 1.29 is 9.13 Å². The fourth-order valence-electron chi connectivity index (χ4n) is 3.06. The molecular weight excluding hydrogens is 393 g/mol. The Morgan fingerprint density at radius 3 is 2.69 bits per heavy atom. The number of hydrogen-bond donors (Lipinski definition) is 1. The van der Waals surface area contributed by atoms with Crippen molar-refractivity contribution in [3.8, 4) is 5.75 Å². The summed E-state index contributed by atoms with van der Waals surface area (Å²) in [5.41, 5.74) is 3.36. The van der Waals surface area contributed by atoms with E-state index >= 15 is 0 Å². The lowest BCUT2D eigenvalue weighted by Crippen LogP contribution is -2.06. The van der Waals surface area contributed by atoms with Crippen LogP contribution in [0, 0.1) is 19.7 Å². The van der Waals surface area contributed by atoms with E-state index in [9.17, 15) is 4.39 Å². The Bertz CT molecular complexity index is 1210. The Labute approximate surface area is 172 Å². The molecule has 2 aromatic carbocycles. The summed E-state index contributed by atoms with van der Waals surface area (Å²) in [6.07, 6.45) is 0.410. The van der Waals surface area contributed by atoms with Gasteiger partial charge in [-0.1, -0.05) is 23.7 Å². The number of halogens is 2. The predicted molar refractivity (Wildman–Crippen MR) is 111 cm³/mol. The van der Waals surface area contributed by atoms with E-state index in [1.807, 2.05) is 26.0 Å². The highest BCUT2D eigenvalue weighted by molar-refractivity contribution is 6.32. The smallest absolute Gasteiger partial charge is 0.254 e. The maximum absolute atomic E-state index is 13.5. The van der Waals surface area contributed by atoms with Crippen LogP contribution in [0.4, 0.5) is 15.9 Å². The minimum Gasteiger partial charge on any atom is -0.495 e. The van der Waals surface area contributed by atoms with E-state index in [1.165, 1.54) is 12.1 Å². The minimum atomic E-state index is -0.283. The molecule has 0 aliphatic heterocycles. The van der Waals surface area contributed by atoms with Gasteiger partial charge in [-0.25, -0.2) is 9.37 Å². The number of aromatic nitrogens is 4. The van der Waals surface area contributed by atoms with E-state index in [4.69, 9.17) is 16.3 Å². The number of anilines is 2. The summed E-state index contributed by atoms with van der Waals surface area (Å²) < 4.78 is 20.4. The fraction of sp³-hybridized carbons (Fsp3) is 0.190. The summed E-state index contributed by atoms with van der Waals surface area (Å²) in [6, 6.07) is 11.9. The van der Waals surface area contributed by atoms with E-state index in [0.717, 1.165) is 28.3 Å². The lowest BCUT2D eigenvalue weighted by atomic mass is 10.1. The Morgan fingerprint density at radius 1 is 1.14 bits per heavy atom. The van der Waals surface area contributed by atoms with Crippen molar-refractivity contribution in [1.82, 2.24) is 19.6 Å². The number of ether oxygens (including phenoxy) is 1. The largest absolute Gasteiger partial charge is 0.495 e. The molecule has 0 spiro atoms. The van der Waals surface area contributed by atoms with Crippen LogP contribution < -0.4 is 10.1 Å². The molecule has 0 radical (unpaired) electrons. The molecule has 6 nitrogen and oxygen atoms in total. The van der Waals surface area contributed by atoms with Crippen molar-refractivity contribution in [2.24, 2.45) is 0 Å². The van der Waals surface area contributed by atoms with Gasteiger partial charge in [-0.3, -0.25) is 0 Å². The summed E-state index contributed by atoms with van der Waals surface area (Å²) in [4.78, 5) is 9.05. The first-order chi connectivity index (χ1) is 13.9. The zero-order valence-corrected chi connectivity index (χ0v) is 17.0. The number of nitrogens with zero attached hydrogens (tertiary/aromatic N) is 4. The van der Waals surface area contributed by atoms with E-state index in [-0.39, 0.29) is 5.82 Å². The molecule has 0 aliphatic rings. The highest BCUT2D eigenvalue weighted by atomic mass is 35.5. The minimum absolute atomic E-state index is 0.283. The van der Waals surface area contributed by atoms with Gasteiger partial charge in [0.1, 0.15) is 17.4 Å². The summed E-state index contributed by atoms with van der Waals surface area (Å²) in [7, 11) is 1.57. The maximum Gasteiger partial charge on any atom is 0.254 e. The van der Waals surface area contributed by atoms with Gasteiger partial charge in [0.15, 0.2) is 5.82 Å². The SMILES string of the molecule is COc1ccc(Nc2c(C)c(C)nc3nc(Cc4cccc(F)c4)nn23)cc1Cl. The van der Waals surface area contributed by atoms with Gasteiger partial charge < -0.3 is 10.1 Å². The molecule has 0 saturated carbocycles. The van der Waals surface area contributed by atoms with Crippen LogP contribution in [0.5, 0.6) is 5.75 Å². The van der Waals surface area contributed by atoms with E-state index in [0.29, 0.717) is 28.8 Å². The van der Waals surface area contributed by atoms with Crippen molar-refractivity contribution in [3.05, 3.63) is 75.9 Å². The highest BCUT2D eigenvalue weighted by Gasteiger charge is 2.15. The molecule has 0 bridgehead atoms. The lowest BCUT2D eigenvalue weighted by Gasteiger charge is -2.13. The number of hydrogen-bond acceptors (Lipinski definition) is 5. The number of aryl methyl sites for hydroxylation is 1. The average Bonchev–Trinajstić information content (AvgIpc) is 3.07. The standard InChI is InChI=1S/C21H19ClFN5O/c1-12-13(2)24-21-26-19(10-14-5-4-6-15(23)9-14)27-28(21)20(12)25-16-7-8-18(29-3)17(22)11-16/h4-9,11,25H,10H2,1-3H3. The molecule has 8 heteroatoms. The second kappa shape index (κ2) is 7.67. The monoisotopic (exact) mass is 411 g/mol. The van der Waals surface area contributed by atoms with Gasteiger partial charge in [0, 0.05) is 23.4 Å². The third kappa shape index (κ3) is 3.86. The van der Waals surface area contributed by atoms with Crippen LogP contribution >= 0.6 is 11.6 Å². The van der Waals surface area contributed by atoms with Crippen molar-refractivity contribution in [2.45, 2.75) is 20.3 Å². The molecule has 0 atom stereocenters. The van der Waals surface area contributed by atoms with Crippen molar-refractivity contribution >= 4 is 28.9 Å². The van der Waals surface area contributed by atoms with Crippen molar-refractivity contribution in [1.29, 1.82) is 0 Å². The van der Waals surface area contributed by atoms with Crippen LogP contribution in [0.3, 0.4) is 0 Å². The number of benzene rings is 2. The molecule has 0 unspecified atom stereocenters. The molecular formula is C21H19ClFN5O. The molecule has 0 amide bonds. The summed E-state index contributed by atoms with van der Waals surface area (Å²) in [5, 5.41) is 8.45. The second-order valence-electron chi connectivity index (χ2n) is 6.69. The average molecular weight is 412 g/mol. The highest BCUT2D eigenvalue weighted by Crippen LogP contribution is 2.30. The van der Waals surface area contributed by atoms with Crippen LogP contribution in [0.15, 0.2) is 42.5 Å². The van der Waals surface area contributed by atoms with Gasteiger partial charge in [-0.05, 0) is 49.7 Å². The Hall–Kier alpha value is -3.19. The molecule has 1 N–H and O–H groups in total. The first kappa shape index (κ1) is 19.1. The van der Waals surface area contributed by atoms with Crippen LogP contribution in [0.2, 0.25) is 5.02 Å². The fourth-order valence-corrected chi connectivity index (χ4v) is 3.32. The number of rotatable bonds is 5.